The summed E-state index contributed by atoms with van der Waals surface area (Å²) in [4.78, 5) is 12.6. The Morgan fingerprint density at radius 3 is 2.13 bits per heavy atom. The van der Waals surface area contributed by atoms with Crippen molar-refractivity contribution in [3.8, 4) is 23.0 Å². The molecule has 4 aromatic rings. The van der Waals surface area contributed by atoms with Crippen LogP contribution in [0.4, 0.5) is 0 Å². The van der Waals surface area contributed by atoms with Crippen molar-refractivity contribution in [3.63, 3.8) is 0 Å². The summed E-state index contributed by atoms with van der Waals surface area (Å²) in [5, 5.41) is 2.18. The summed E-state index contributed by atoms with van der Waals surface area (Å²) in [5.41, 5.74) is 2.03. The molecule has 0 saturated carbocycles. The van der Waals surface area contributed by atoms with Crippen LogP contribution < -0.4 is 24.6 Å². The number of methoxy groups -OCH3 is 3. The maximum atomic E-state index is 12.6. The molecule has 0 N–H and O–H groups in total. The van der Waals surface area contributed by atoms with Gasteiger partial charge in [0.25, 0.3) is 0 Å². The molecule has 31 heavy (non-hydrogen) atoms. The van der Waals surface area contributed by atoms with E-state index < -0.39 is 0 Å². The van der Waals surface area contributed by atoms with Crippen LogP contribution in [0.1, 0.15) is 18.1 Å². The van der Waals surface area contributed by atoms with Gasteiger partial charge in [-0.05, 0) is 41.8 Å². The summed E-state index contributed by atoms with van der Waals surface area (Å²) in [6.07, 6.45) is 0.846. The van der Waals surface area contributed by atoms with Crippen molar-refractivity contribution in [2.75, 3.05) is 21.3 Å². The lowest BCUT2D eigenvalue weighted by Crippen LogP contribution is -2.02. The van der Waals surface area contributed by atoms with Crippen molar-refractivity contribution in [2.24, 2.45) is 0 Å². The average Bonchev–Trinajstić information content (AvgIpc) is 2.81. The lowest BCUT2D eigenvalue weighted by molar-refractivity contribution is 0.283. The first-order valence-electron chi connectivity index (χ1n) is 9.98. The van der Waals surface area contributed by atoms with Crippen molar-refractivity contribution < 1.29 is 23.4 Å². The third-order valence-corrected chi connectivity index (χ3v) is 5.28. The molecule has 1 heterocycles. The van der Waals surface area contributed by atoms with Gasteiger partial charge in [0, 0.05) is 22.9 Å². The van der Waals surface area contributed by atoms with E-state index in [2.05, 4.69) is 0 Å². The van der Waals surface area contributed by atoms with Crippen LogP contribution in [0.2, 0.25) is 0 Å². The molecule has 0 atom stereocenters. The highest BCUT2D eigenvalue weighted by atomic mass is 16.5. The van der Waals surface area contributed by atoms with Crippen LogP contribution in [0.15, 0.2) is 57.7 Å². The summed E-state index contributed by atoms with van der Waals surface area (Å²) in [6.45, 7) is 2.31. The summed E-state index contributed by atoms with van der Waals surface area (Å²) >= 11 is 0. The van der Waals surface area contributed by atoms with E-state index in [0.29, 0.717) is 34.0 Å². The molecule has 0 spiro atoms. The van der Waals surface area contributed by atoms with Crippen LogP contribution in [0.25, 0.3) is 21.7 Å². The van der Waals surface area contributed by atoms with Crippen LogP contribution in [0.3, 0.4) is 0 Å². The fourth-order valence-corrected chi connectivity index (χ4v) is 3.59. The van der Waals surface area contributed by atoms with Gasteiger partial charge in [-0.2, -0.15) is 0 Å². The highest BCUT2D eigenvalue weighted by Gasteiger charge is 2.14. The van der Waals surface area contributed by atoms with Gasteiger partial charge in [0.05, 0.1) is 26.7 Å². The van der Waals surface area contributed by atoms with Gasteiger partial charge in [-0.25, -0.2) is 4.79 Å². The molecule has 0 aliphatic carbocycles. The zero-order chi connectivity index (χ0) is 22.0. The molecule has 0 amide bonds. The Kier molecular flexibility index (Phi) is 5.71. The largest absolute Gasteiger partial charge is 0.497 e. The maximum absolute atomic E-state index is 12.6. The van der Waals surface area contributed by atoms with Gasteiger partial charge in [-0.1, -0.05) is 19.1 Å². The number of fused-ring (bicyclic) bond motifs is 3. The monoisotopic (exact) mass is 420 g/mol. The normalized spacial score (nSPS) is 11.0. The molecule has 1 aromatic heterocycles. The second-order valence-corrected chi connectivity index (χ2v) is 7.13. The van der Waals surface area contributed by atoms with Gasteiger partial charge in [0.15, 0.2) is 11.5 Å². The van der Waals surface area contributed by atoms with Crippen LogP contribution in [0.5, 0.6) is 23.0 Å². The summed E-state index contributed by atoms with van der Waals surface area (Å²) in [5.74, 6) is 2.38. The Balaban J connectivity index is 1.75. The minimum atomic E-state index is -0.369. The van der Waals surface area contributed by atoms with E-state index in [1.54, 1.807) is 33.5 Å². The first-order valence-corrected chi connectivity index (χ1v) is 9.98. The molecule has 4 rings (SSSR count). The summed E-state index contributed by atoms with van der Waals surface area (Å²) in [6, 6.07) is 14.9. The number of rotatable bonds is 7. The topological polar surface area (TPSA) is 67.1 Å². The lowest BCUT2D eigenvalue weighted by Gasteiger charge is -2.14. The molecule has 0 saturated heterocycles. The van der Waals surface area contributed by atoms with E-state index in [1.165, 1.54) is 0 Å². The van der Waals surface area contributed by atoms with Gasteiger partial charge in [-0.3, -0.25) is 0 Å². The highest BCUT2D eigenvalue weighted by Crippen LogP contribution is 2.36. The number of benzene rings is 3. The predicted molar refractivity (Wildman–Crippen MR) is 120 cm³/mol. The molecular formula is C25H24O6. The second kappa shape index (κ2) is 8.60. The molecule has 6 heteroatoms. The van der Waals surface area contributed by atoms with Crippen LogP contribution in [-0.4, -0.2) is 21.3 Å². The van der Waals surface area contributed by atoms with Crippen molar-refractivity contribution in [2.45, 2.75) is 20.0 Å². The standard InChI is InChI=1S/C25H24O6/c1-5-15-6-7-19-20-12-23(29-4)24(13-22(20)31-25(26)21(19)10-15)30-14-16-8-17(27-2)11-18(9-16)28-3/h6-13H,5,14H2,1-4H3. The van der Waals surface area contributed by atoms with E-state index in [-0.39, 0.29) is 12.2 Å². The van der Waals surface area contributed by atoms with E-state index in [0.717, 1.165) is 28.3 Å². The van der Waals surface area contributed by atoms with E-state index in [1.807, 2.05) is 43.3 Å². The molecule has 6 nitrogen and oxygen atoms in total. The van der Waals surface area contributed by atoms with Crippen molar-refractivity contribution in [1.29, 1.82) is 0 Å². The van der Waals surface area contributed by atoms with E-state index >= 15 is 0 Å². The quantitative estimate of drug-likeness (QED) is 0.306. The molecule has 0 aliphatic heterocycles. The van der Waals surface area contributed by atoms with Crippen LogP contribution in [-0.2, 0) is 13.0 Å². The Bertz CT molecular complexity index is 1280. The highest BCUT2D eigenvalue weighted by molar-refractivity contribution is 6.05. The molecule has 0 unspecified atom stereocenters. The Morgan fingerprint density at radius 1 is 0.742 bits per heavy atom. The summed E-state index contributed by atoms with van der Waals surface area (Å²) in [7, 11) is 4.78. The average molecular weight is 420 g/mol. The molecular weight excluding hydrogens is 396 g/mol. The van der Waals surface area contributed by atoms with Gasteiger partial charge in [0.1, 0.15) is 23.7 Å². The van der Waals surface area contributed by atoms with Gasteiger partial charge < -0.3 is 23.4 Å². The lowest BCUT2D eigenvalue weighted by atomic mass is 10.0. The number of hydrogen-bond acceptors (Lipinski definition) is 6. The molecule has 0 radical (unpaired) electrons. The van der Waals surface area contributed by atoms with Gasteiger partial charge in [-0.15, -0.1) is 0 Å². The Labute approximate surface area is 179 Å². The fraction of sp³-hybridized carbons (Fsp3) is 0.240. The first-order chi connectivity index (χ1) is 15.1. The van der Waals surface area contributed by atoms with E-state index in [9.17, 15) is 4.79 Å². The van der Waals surface area contributed by atoms with Crippen LogP contribution >= 0.6 is 0 Å². The molecule has 0 aliphatic rings. The SMILES string of the molecule is CCc1ccc2c(c1)c(=O)oc1cc(OCc3cc(OC)cc(OC)c3)c(OC)cc12. The smallest absolute Gasteiger partial charge is 0.344 e. The van der Waals surface area contributed by atoms with Crippen LogP contribution in [0, 0.1) is 0 Å². The second-order valence-electron chi connectivity index (χ2n) is 7.13. The minimum Gasteiger partial charge on any atom is -0.497 e. The first kappa shape index (κ1) is 20.6. The molecule has 160 valence electrons. The third kappa shape index (κ3) is 4.01. The van der Waals surface area contributed by atoms with Gasteiger partial charge >= 0.3 is 5.63 Å². The Hall–Kier alpha value is -3.67. The zero-order valence-corrected chi connectivity index (χ0v) is 18.0. The van der Waals surface area contributed by atoms with E-state index in [4.69, 9.17) is 23.4 Å². The number of aryl methyl sites for hydroxylation is 1. The molecule has 3 aromatic carbocycles. The minimum absolute atomic E-state index is 0.257. The Morgan fingerprint density at radius 2 is 1.48 bits per heavy atom. The van der Waals surface area contributed by atoms with Crippen molar-refractivity contribution >= 4 is 21.7 Å². The van der Waals surface area contributed by atoms with Crippen molar-refractivity contribution in [1.82, 2.24) is 0 Å². The van der Waals surface area contributed by atoms with Gasteiger partial charge in [0.2, 0.25) is 0 Å². The third-order valence-electron chi connectivity index (χ3n) is 5.28. The summed E-state index contributed by atoms with van der Waals surface area (Å²) < 4.78 is 27.8. The molecule has 0 bridgehead atoms. The predicted octanol–water partition coefficient (Wildman–Crippen LogP) is 5.11. The number of ether oxygens (including phenoxy) is 4. The fourth-order valence-electron chi connectivity index (χ4n) is 3.59. The zero-order valence-electron chi connectivity index (χ0n) is 18.0. The maximum Gasteiger partial charge on any atom is 0.344 e. The number of hydrogen-bond donors (Lipinski definition) is 0. The molecule has 0 fully saturated rings. The van der Waals surface area contributed by atoms with Crippen molar-refractivity contribution in [3.05, 3.63) is 70.1 Å².